The predicted molar refractivity (Wildman–Crippen MR) is 57.1 cm³/mol. The molecular weight excluding hydrogens is 176 g/mol. The van der Waals surface area contributed by atoms with Crippen LogP contribution in [0.1, 0.15) is 5.56 Å². The number of hydrogen-bond donors (Lipinski definition) is 0. The molecule has 0 fully saturated rings. The van der Waals surface area contributed by atoms with Crippen LogP contribution < -0.4 is 0 Å². The topological polar surface area (TPSA) is 41.8 Å². The monoisotopic (exact) mass is 184 g/mol. The maximum absolute atomic E-state index is 11.0. The summed E-state index contributed by atoms with van der Waals surface area (Å²) in [6.07, 6.45) is 6.29. The Kier molecular flexibility index (Phi) is 2.32. The molecule has 1 aromatic rings. The van der Waals surface area contributed by atoms with Gasteiger partial charge in [-0.3, -0.25) is 9.79 Å². The van der Waals surface area contributed by atoms with Crippen molar-refractivity contribution in [2.24, 2.45) is 9.98 Å². The van der Waals surface area contributed by atoms with Gasteiger partial charge in [-0.05, 0) is 12.1 Å². The maximum atomic E-state index is 11.0. The normalized spacial score (nSPS) is 14.4. The van der Waals surface area contributed by atoms with Crippen LogP contribution >= 0.6 is 0 Å². The summed E-state index contributed by atoms with van der Waals surface area (Å²) in [5, 5.41) is 0. The highest BCUT2D eigenvalue weighted by molar-refractivity contribution is 6.29. The van der Waals surface area contributed by atoms with Gasteiger partial charge in [0.05, 0.1) is 11.9 Å². The quantitative estimate of drug-likeness (QED) is 0.608. The molecule has 0 bridgehead atoms. The van der Waals surface area contributed by atoms with Crippen LogP contribution in [-0.2, 0) is 4.79 Å². The molecule has 2 rings (SSSR count). The van der Waals surface area contributed by atoms with Gasteiger partial charge in [0.1, 0.15) is 0 Å². The highest BCUT2D eigenvalue weighted by atomic mass is 16.1. The summed E-state index contributed by atoms with van der Waals surface area (Å²) < 4.78 is 0. The lowest BCUT2D eigenvalue weighted by Gasteiger charge is -1.97. The molecule has 0 saturated heterocycles. The average Bonchev–Trinajstić information content (AvgIpc) is 2.30. The molecule has 1 aliphatic rings. The molecule has 1 aliphatic heterocycles. The fraction of sp³-hybridized carbons (Fsp3) is 0. The second kappa shape index (κ2) is 3.79. The molecule has 0 aliphatic carbocycles. The van der Waals surface area contributed by atoms with Crippen molar-refractivity contribution in [1.29, 1.82) is 0 Å². The van der Waals surface area contributed by atoms with Crippen LogP contribution in [0.2, 0.25) is 0 Å². The lowest BCUT2D eigenvalue weighted by atomic mass is 10.1. The van der Waals surface area contributed by atoms with Gasteiger partial charge in [0.25, 0.3) is 5.91 Å². The van der Waals surface area contributed by atoms with Crippen molar-refractivity contribution in [2.45, 2.75) is 0 Å². The fourth-order valence-electron chi connectivity index (χ4n) is 1.17. The largest absolute Gasteiger partial charge is 0.288 e. The first-order chi connectivity index (χ1) is 6.86. The third kappa shape index (κ3) is 1.82. The lowest BCUT2D eigenvalue weighted by Crippen LogP contribution is -1.92. The van der Waals surface area contributed by atoms with Crippen molar-refractivity contribution in [2.75, 3.05) is 0 Å². The van der Waals surface area contributed by atoms with E-state index in [9.17, 15) is 4.79 Å². The van der Waals surface area contributed by atoms with Crippen molar-refractivity contribution >= 4 is 30.1 Å². The summed E-state index contributed by atoms with van der Waals surface area (Å²) >= 11 is 0. The van der Waals surface area contributed by atoms with Crippen LogP contribution in [0.3, 0.4) is 0 Å². The second-order valence-corrected chi connectivity index (χ2v) is 2.79. The van der Waals surface area contributed by atoms with Gasteiger partial charge in [-0.25, -0.2) is 4.99 Å². The van der Waals surface area contributed by atoms with E-state index in [0.717, 1.165) is 11.3 Å². The van der Waals surface area contributed by atoms with Crippen LogP contribution in [-0.4, -0.2) is 18.3 Å². The summed E-state index contributed by atoms with van der Waals surface area (Å²) in [6, 6.07) is 7.60. The molecule has 0 unspecified atom stereocenters. The van der Waals surface area contributed by atoms with Crippen molar-refractivity contribution < 1.29 is 4.79 Å². The SMILES string of the molecule is O=C1C=Nc2ccccc2C=CC=N1. The number of allylic oxidation sites excluding steroid dienone is 1. The summed E-state index contributed by atoms with van der Waals surface area (Å²) in [4.78, 5) is 18.7. The Morgan fingerprint density at radius 3 is 2.86 bits per heavy atom. The molecule has 0 aromatic heterocycles. The third-order valence-corrected chi connectivity index (χ3v) is 1.81. The van der Waals surface area contributed by atoms with Crippen LogP contribution in [0.4, 0.5) is 5.69 Å². The lowest BCUT2D eigenvalue weighted by molar-refractivity contribution is -0.111. The van der Waals surface area contributed by atoms with Crippen LogP contribution in [0, 0.1) is 0 Å². The van der Waals surface area contributed by atoms with Gasteiger partial charge in [0.15, 0.2) is 0 Å². The number of rotatable bonds is 0. The molecule has 1 amide bonds. The minimum atomic E-state index is -0.341. The molecule has 3 nitrogen and oxygen atoms in total. The molecule has 3 heteroatoms. The van der Waals surface area contributed by atoms with E-state index in [-0.39, 0.29) is 5.91 Å². The first-order valence-corrected chi connectivity index (χ1v) is 4.24. The smallest absolute Gasteiger partial charge is 0.266 e. The molecule has 1 heterocycles. The summed E-state index contributed by atoms with van der Waals surface area (Å²) in [7, 11) is 0. The molecular formula is C11H8N2O. The second-order valence-electron chi connectivity index (χ2n) is 2.79. The number of fused-ring (bicyclic) bond motifs is 1. The predicted octanol–water partition coefficient (Wildman–Crippen LogP) is 2.01. The highest BCUT2D eigenvalue weighted by Gasteiger charge is 1.98. The minimum Gasteiger partial charge on any atom is -0.266 e. The maximum Gasteiger partial charge on any atom is 0.288 e. The number of carbonyl (C=O) groups excluding carboxylic acids is 1. The Morgan fingerprint density at radius 1 is 1.07 bits per heavy atom. The average molecular weight is 184 g/mol. The van der Waals surface area contributed by atoms with Crippen molar-refractivity contribution in [1.82, 2.24) is 0 Å². The van der Waals surface area contributed by atoms with Crippen molar-refractivity contribution in [3.8, 4) is 0 Å². The number of para-hydroxylation sites is 1. The molecule has 68 valence electrons. The Morgan fingerprint density at radius 2 is 1.93 bits per heavy atom. The fourth-order valence-corrected chi connectivity index (χ4v) is 1.17. The molecule has 0 N–H and O–H groups in total. The first-order valence-electron chi connectivity index (χ1n) is 4.24. The van der Waals surface area contributed by atoms with Gasteiger partial charge in [0, 0.05) is 11.8 Å². The van der Waals surface area contributed by atoms with E-state index in [1.165, 1.54) is 12.4 Å². The number of carbonyl (C=O) groups is 1. The number of nitrogens with zero attached hydrogens (tertiary/aromatic N) is 2. The summed E-state index contributed by atoms with van der Waals surface area (Å²) in [5.41, 5.74) is 1.76. The van der Waals surface area contributed by atoms with E-state index in [1.54, 1.807) is 6.08 Å². The molecule has 0 radical (unpaired) electrons. The standard InChI is InChI=1S/C11H8N2O/c14-11-8-13-10-6-2-1-4-9(10)5-3-7-12-11/h1-8H. The highest BCUT2D eigenvalue weighted by Crippen LogP contribution is 2.19. The molecule has 0 atom stereocenters. The summed E-state index contributed by atoms with van der Waals surface area (Å²) in [6.45, 7) is 0. The number of hydrogen-bond acceptors (Lipinski definition) is 2. The first kappa shape index (κ1) is 8.56. The molecule has 0 spiro atoms. The van der Waals surface area contributed by atoms with Gasteiger partial charge >= 0.3 is 0 Å². The molecule has 14 heavy (non-hydrogen) atoms. The van der Waals surface area contributed by atoms with E-state index >= 15 is 0 Å². The van der Waals surface area contributed by atoms with Gasteiger partial charge in [0.2, 0.25) is 0 Å². The Balaban J connectivity index is 2.52. The zero-order chi connectivity index (χ0) is 9.80. The van der Waals surface area contributed by atoms with Gasteiger partial charge in [-0.15, -0.1) is 0 Å². The van der Waals surface area contributed by atoms with E-state index in [0.29, 0.717) is 0 Å². The molecule has 0 saturated carbocycles. The van der Waals surface area contributed by atoms with Crippen molar-refractivity contribution in [3.63, 3.8) is 0 Å². The number of amides is 1. The zero-order valence-electron chi connectivity index (χ0n) is 7.42. The van der Waals surface area contributed by atoms with Gasteiger partial charge in [-0.2, -0.15) is 0 Å². The van der Waals surface area contributed by atoms with E-state index in [2.05, 4.69) is 9.98 Å². The summed E-state index contributed by atoms with van der Waals surface area (Å²) in [5.74, 6) is -0.341. The van der Waals surface area contributed by atoms with E-state index < -0.39 is 0 Å². The number of aliphatic imine (C=N–C) groups is 2. The van der Waals surface area contributed by atoms with E-state index in [4.69, 9.17) is 0 Å². The van der Waals surface area contributed by atoms with Crippen LogP contribution in [0.15, 0.2) is 40.3 Å². The Bertz CT molecular complexity index is 444. The minimum absolute atomic E-state index is 0.341. The number of benzene rings is 1. The van der Waals surface area contributed by atoms with E-state index in [1.807, 2.05) is 30.3 Å². The van der Waals surface area contributed by atoms with Crippen LogP contribution in [0.25, 0.3) is 6.08 Å². The van der Waals surface area contributed by atoms with Crippen molar-refractivity contribution in [3.05, 3.63) is 35.9 Å². The van der Waals surface area contributed by atoms with Gasteiger partial charge < -0.3 is 0 Å². The Hall–Kier alpha value is -2.03. The van der Waals surface area contributed by atoms with Crippen LogP contribution in [0.5, 0.6) is 0 Å². The molecule has 1 aromatic carbocycles. The Labute approximate surface area is 81.5 Å². The zero-order valence-corrected chi connectivity index (χ0v) is 7.42. The van der Waals surface area contributed by atoms with Gasteiger partial charge in [-0.1, -0.05) is 24.3 Å². The third-order valence-electron chi connectivity index (χ3n) is 1.81.